The summed E-state index contributed by atoms with van der Waals surface area (Å²) < 4.78 is 10.5. The number of nitrogens with zero attached hydrogens (tertiary/aromatic N) is 2. The minimum atomic E-state index is 0.658. The maximum Gasteiger partial charge on any atom is 0.203 e. The van der Waals surface area contributed by atoms with Gasteiger partial charge in [0.15, 0.2) is 11.5 Å². The molecule has 0 radical (unpaired) electrons. The molecular weight excluding hydrogens is 358 g/mol. The van der Waals surface area contributed by atoms with E-state index in [9.17, 15) is 0 Å². The van der Waals surface area contributed by atoms with Crippen molar-refractivity contribution in [2.75, 3.05) is 19.6 Å². The minimum Gasteiger partial charge on any atom is -0.493 e. The van der Waals surface area contributed by atoms with Gasteiger partial charge < -0.3 is 9.47 Å². The Morgan fingerprint density at radius 3 is 2.56 bits per heavy atom. The Hall–Kier alpha value is -2.57. The van der Waals surface area contributed by atoms with E-state index in [1.165, 1.54) is 11.3 Å². The van der Waals surface area contributed by atoms with Gasteiger partial charge in [-0.2, -0.15) is 5.10 Å². The predicted molar refractivity (Wildman–Crippen MR) is 103 cm³/mol. The van der Waals surface area contributed by atoms with E-state index in [-0.39, 0.29) is 0 Å². The smallest absolute Gasteiger partial charge is 0.203 e. The highest BCUT2D eigenvalue weighted by molar-refractivity contribution is 7.14. The van der Waals surface area contributed by atoms with Gasteiger partial charge in [0.1, 0.15) is 0 Å². The van der Waals surface area contributed by atoms with Crippen LogP contribution in [0, 0.1) is 0 Å². The molecule has 25 heavy (non-hydrogen) atoms. The second-order valence-electron chi connectivity index (χ2n) is 5.03. The van der Waals surface area contributed by atoms with Crippen LogP contribution in [0.2, 0.25) is 5.02 Å². The summed E-state index contributed by atoms with van der Waals surface area (Å²) in [6, 6.07) is 13.2. The number of benzene rings is 2. The van der Waals surface area contributed by atoms with Crippen molar-refractivity contribution >= 4 is 34.3 Å². The molecular formula is C18H16ClN3O2S. The van der Waals surface area contributed by atoms with Crippen LogP contribution in [0.5, 0.6) is 11.5 Å². The summed E-state index contributed by atoms with van der Waals surface area (Å²) >= 11 is 7.39. The molecule has 0 saturated heterocycles. The molecule has 0 aliphatic carbocycles. The lowest BCUT2D eigenvalue weighted by Gasteiger charge is -2.07. The van der Waals surface area contributed by atoms with Gasteiger partial charge in [-0.1, -0.05) is 23.7 Å². The summed E-state index contributed by atoms with van der Waals surface area (Å²) in [6.07, 6.45) is 1.70. The number of aromatic nitrogens is 1. The van der Waals surface area contributed by atoms with E-state index >= 15 is 0 Å². The third-order valence-electron chi connectivity index (χ3n) is 3.43. The SMILES string of the molecule is COc1ccc(/C=N/Nc2nc(-c3ccc(Cl)cc3)cs2)cc1OC. The van der Waals surface area contributed by atoms with Crippen molar-refractivity contribution in [2.24, 2.45) is 5.10 Å². The van der Waals surface area contributed by atoms with Gasteiger partial charge in [-0.3, -0.25) is 5.43 Å². The van der Waals surface area contributed by atoms with Crippen molar-refractivity contribution in [2.45, 2.75) is 0 Å². The number of anilines is 1. The van der Waals surface area contributed by atoms with Crippen LogP contribution in [-0.4, -0.2) is 25.4 Å². The summed E-state index contributed by atoms with van der Waals surface area (Å²) in [5.74, 6) is 1.34. The molecule has 7 heteroatoms. The van der Waals surface area contributed by atoms with E-state index in [2.05, 4.69) is 15.5 Å². The Kier molecular flexibility index (Phi) is 5.53. The molecule has 1 N–H and O–H groups in total. The van der Waals surface area contributed by atoms with E-state index in [0.717, 1.165) is 16.8 Å². The van der Waals surface area contributed by atoms with Crippen molar-refractivity contribution < 1.29 is 9.47 Å². The Balaban J connectivity index is 1.67. The lowest BCUT2D eigenvalue weighted by Crippen LogP contribution is -1.93. The molecule has 0 atom stereocenters. The maximum atomic E-state index is 5.91. The molecule has 0 fully saturated rings. The van der Waals surface area contributed by atoms with Gasteiger partial charge in [0.25, 0.3) is 0 Å². The van der Waals surface area contributed by atoms with Crippen LogP contribution in [0.3, 0.4) is 0 Å². The molecule has 0 unspecified atom stereocenters. The number of nitrogens with one attached hydrogen (secondary N) is 1. The first-order valence-corrected chi connectivity index (χ1v) is 8.68. The van der Waals surface area contributed by atoms with Gasteiger partial charge in [-0.05, 0) is 35.9 Å². The summed E-state index contributed by atoms with van der Waals surface area (Å²) in [6.45, 7) is 0. The number of hydrazone groups is 1. The number of hydrogen-bond acceptors (Lipinski definition) is 6. The average molecular weight is 374 g/mol. The van der Waals surface area contributed by atoms with Gasteiger partial charge in [0.05, 0.1) is 26.1 Å². The monoisotopic (exact) mass is 373 g/mol. The van der Waals surface area contributed by atoms with Crippen LogP contribution < -0.4 is 14.9 Å². The highest BCUT2D eigenvalue weighted by Crippen LogP contribution is 2.27. The normalized spacial score (nSPS) is 10.8. The third-order valence-corrected chi connectivity index (χ3v) is 4.42. The van der Waals surface area contributed by atoms with Crippen molar-refractivity contribution in [3.8, 4) is 22.8 Å². The first-order valence-electron chi connectivity index (χ1n) is 7.42. The zero-order valence-electron chi connectivity index (χ0n) is 13.7. The molecule has 2 aromatic carbocycles. The van der Waals surface area contributed by atoms with Gasteiger partial charge in [-0.15, -0.1) is 11.3 Å². The predicted octanol–water partition coefficient (Wildman–Crippen LogP) is 4.93. The highest BCUT2D eigenvalue weighted by atomic mass is 35.5. The third kappa shape index (κ3) is 4.29. The summed E-state index contributed by atoms with van der Waals surface area (Å²) in [5, 5.41) is 7.60. The lowest BCUT2D eigenvalue weighted by molar-refractivity contribution is 0.355. The molecule has 0 amide bonds. The molecule has 1 heterocycles. The first kappa shape index (κ1) is 17.3. The van der Waals surface area contributed by atoms with Crippen LogP contribution in [0.1, 0.15) is 5.56 Å². The van der Waals surface area contributed by atoms with E-state index in [1.807, 2.05) is 47.8 Å². The fraction of sp³-hybridized carbons (Fsp3) is 0.111. The lowest BCUT2D eigenvalue weighted by atomic mass is 10.2. The van der Waals surface area contributed by atoms with Gasteiger partial charge in [0.2, 0.25) is 5.13 Å². The number of ether oxygens (including phenoxy) is 2. The molecule has 0 aliphatic rings. The molecule has 1 aromatic heterocycles. The van der Waals surface area contributed by atoms with E-state index in [4.69, 9.17) is 21.1 Å². The molecule has 0 aliphatic heterocycles. The van der Waals surface area contributed by atoms with Crippen LogP contribution in [0.15, 0.2) is 52.9 Å². The molecule has 0 bridgehead atoms. The second-order valence-corrected chi connectivity index (χ2v) is 6.32. The second kappa shape index (κ2) is 8.00. The highest BCUT2D eigenvalue weighted by Gasteiger charge is 2.05. The van der Waals surface area contributed by atoms with Crippen LogP contribution >= 0.6 is 22.9 Å². The Labute approximate surface area is 154 Å². The average Bonchev–Trinajstić information content (AvgIpc) is 3.11. The Morgan fingerprint density at radius 1 is 1.08 bits per heavy atom. The molecule has 5 nitrogen and oxygen atoms in total. The number of halogens is 1. The summed E-state index contributed by atoms with van der Waals surface area (Å²) in [5.41, 5.74) is 5.72. The fourth-order valence-corrected chi connectivity index (χ4v) is 2.97. The molecule has 3 rings (SSSR count). The van der Waals surface area contributed by atoms with Crippen LogP contribution in [-0.2, 0) is 0 Å². The molecule has 128 valence electrons. The van der Waals surface area contributed by atoms with Crippen LogP contribution in [0.4, 0.5) is 5.13 Å². The molecule has 0 saturated carbocycles. The Bertz CT molecular complexity index is 878. The van der Waals surface area contributed by atoms with E-state index in [1.54, 1.807) is 20.4 Å². The number of hydrogen-bond donors (Lipinski definition) is 1. The van der Waals surface area contributed by atoms with Crippen molar-refractivity contribution in [3.63, 3.8) is 0 Å². The zero-order chi connectivity index (χ0) is 17.6. The van der Waals surface area contributed by atoms with E-state index in [0.29, 0.717) is 21.7 Å². The molecule has 3 aromatic rings. The quantitative estimate of drug-likeness (QED) is 0.492. The first-order chi connectivity index (χ1) is 12.2. The standard InChI is InChI=1S/C18H16ClN3O2S/c1-23-16-8-3-12(9-17(16)24-2)10-20-22-18-21-15(11-25-18)13-4-6-14(19)7-5-13/h3-11H,1-2H3,(H,21,22)/b20-10+. The number of rotatable bonds is 6. The van der Waals surface area contributed by atoms with Gasteiger partial charge in [-0.25, -0.2) is 4.98 Å². The van der Waals surface area contributed by atoms with Gasteiger partial charge in [0, 0.05) is 16.0 Å². The van der Waals surface area contributed by atoms with Crippen LogP contribution in [0.25, 0.3) is 11.3 Å². The van der Waals surface area contributed by atoms with Gasteiger partial charge >= 0.3 is 0 Å². The number of thiazole rings is 1. The van der Waals surface area contributed by atoms with Crippen molar-refractivity contribution in [1.82, 2.24) is 4.98 Å². The summed E-state index contributed by atoms with van der Waals surface area (Å²) in [7, 11) is 3.21. The number of methoxy groups -OCH3 is 2. The molecule has 0 spiro atoms. The fourth-order valence-electron chi connectivity index (χ4n) is 2.17. The zero-order valence-corrected chi connectivity index (χ0v) is 15.3. The Morgan fingerprint density at radius 2 is 1.84 bits per heavy atom. The van der Waals surface area contributed by atoms with Crippen molar-refractivity contribution in [1.29, 1.82) is 0 Å². The van der Waals surface area contributed by atoms with Crippen molar-refractivity contribution in [3.05, 3.63) is 58.4 Å². The minimum absolute atomic E-state index is 0.658. The topological polar surface area (TPSA) is 55.7 Å². The maximum absolute atomic E-state index is 5.91. The summed E-state index contributed by atoms with van der Waals surface area (Å²) in [4.78, 5) is 4.51. The van der Waals surface area contributed by atoms with E-state index < -0.39 is 0 Å². The largest absolute Gasteiger partial charge is 0.493 e.